The van der Waals surface area contributed by atoms with Crippen LogP contribution in [0.1, 0.15) is 31.6 Å². The highest BCUT2D eigenvalue weighted by Gasteiger charge is 2.08. The summed E-state index contributed by atoms with van der Waals surface area (Å²) in [4.78, 5) is 8.52. The Kier molecular flexibility index (Phi) is 4.84. The molecule has 5 nitrogen and oxygen atoms in total. The lowest BCUT2D eigenvalue weighted by Gasteiger charge is -1.96. The molecular weight excluding hydrogens is 228 g/mol. The minimum atomic E-state index is 0.563. The second-order valence-corrected chi connectivity index (χ2v) is 4.18. The Hall–Kier alpha value is -1.75. The molecule has 0 aliphatic heterocycles. The minimum absolute atomic E-state index is 0.563. The van der Waals surface area contributed by atoms with Gasteiger partial charge in [0.2, 0.25) is 11.7 Å². The summed E-state index contributed by atoms with van der Waals surface area (Å²) in [5.41, 5.74) is 6.19. The zero-order chi connectivity index (χ0) is 12.6. The van der Waals surface area contributed by atoms with Crippen LogP contribution >= 0.6 is 0 Å². The second kappa shape index (κ2) is 6.86. The Labute approximate surface area is 106 Å². The summed E-state index contributed by atoms with van der Waals surface area (Å²) < 4.78 is 5.20. The van der Waals surface area contributed by atoms with Gasteiger partial charge in [-0.2, -0.15) is 4.98 Å². The van der Waals surface area contributed by atoms with Crippen LogP contribution in [0.25, 0.3) is 11.5 Å². The Morgan fingerprint density at radius 3 is 2.78 bits per heavy atom. The van der Waals surface area contributed by atoms with Gasteiger partial charge in [-0.3, -0.25) is 4.98 Å². The standard InChI is InChI=1S/C13H18N4O/c14-9-5-2-1-3-8-12-16-13(17-18-12)11-7-4-6-10-15-11/h4,6-7,10H,1-3,5,8-9,14H2. The molecule has 0 bridgehead atoms. The topological polar surface area (TPSA) is 77.8 Å². The Bertz CT molecular complexity index is 455. The van der Waals surface area contributed by atoms with Crippen LogP contribution in [0.5, 0.6) is 0 Å². The molecule has 0 unspecified atom stereocenters. The Balaban J connectivity index is 1.83. The molecule has 18 heavy (non-hydrogen) atoms. The van der Waals surface area contributed by atoms with Crippen LogP contribution < -0.4 is 5.73 Å². The number of aromatic nitrogens is 3. The van der Waals surface area contributed by atoms with Crippen LogP contribution in [0.4, 0.5) is 0 Å². The van der Waals surface area contributed by atoms with Crippen LogP contribution in [-0.2, 0) is 6.42 Å². The lowest BCUT2D eigenvalue weighted by atomic mass is 10.1. The maximum atomic E-state index is 5.44. The molecule has 5 heteroatoms. The van der Waals surface area contributed by atoms with Gasteiger partial charge in [0.05, 0.1) is 0 Å². The third-order valence-corrected chi connectivity index (χ3v) is 2.71. The van der Waals surface area contributed by atoms with Crippen molar-refractivity contribution in [3.63, 3.8) is 0 Å². The lowest BCUT2D eigenvalue weighted by Crippen LogP contribution is -1.97. The van der Waals surface area contributed by atoms with Crippen molar-refractivity contribution in [2.24, 2.45) is 5.73 Å². The van der Waals surface area contributed by atoms with Crippen molar-refractivity contribution >= 4 is 0 Å². The fourth-order valence-electron chi connectivity index (χ4n) is 1.73. The van der Waals surface area contributed by atoms with Crippen molar-refractivity contribution in [3.8, 4) is 11.5 Å². The van der Waals surface area contributed by atoms with E-state index in [9.17, 15) is 0 Å². The van der Waals surface area contributed by atoms with Crippen molar-refractivity contribution in [3.05, 3.63) is 30.3 Å². The summed E-state index contributed by atoms with van der Waals surface area (Å²) in [5, 5.41) is 3.93. The molecule has 2 N–H and O–H groups in total. The van der Waals surface area contributed by atoms with Gasteiger partial charge in [0.1, 0.15) is 5.69 Å². The molecule has 0 aliphatic carbocycles. The maximum Gasteiger partial charge on any atom is 0.227 e. The van der Waals surface area contributed by atoms with Crippen LogP contribution in [-0.4, -0.2) is 21.7 Å². The molecule has 0 spiro atoms. The molecule has 0 amide bonds. The molecule has 2 aromatic heterocycles. The van der Waals surface area contributed by atoms with E-state index in [-0.39, 0.29) is 0 Å². The summed E-state index contributed by atoms with van der Waals surface area (Å²) >= 11 is 0. The number of hydrogen-bond donors (Lipinski definition) is 1. The van der Waals surface area contributed by atoms with Crippen LogP contribution in [0, 0.1) is 0 Å². The zero-order valence-electron chi connectivity index (χ0n) is 10.4. The molecule has 96 valence electrons. The van der Waals surface area contributed by atoms with Gasteiger partial charge >= 0.3 is 0 Å². The number of pyridine rings is 1. The Morgan fingerprint density at radius 1 is 1.11 bits per heavy atom. The molecule has 0 aromatic carbocycles. The average molecular weight is 246 g/mol. The van der Waals surface area contributed by atoms with Crippen molar-refractivity contribution in [2.75, 3.05) is 6.54 Å². The third-order valence-electron chi connectivity index (χ3n) is 2.71. The van der Waals surface area contributed by atoms with Gasteiger partial charge in [-0.15, -0.1) is 0 Å². The van der Waals surface area contributed by atoms with Crippen molar-refractivity contribution in [1.82, 2.24) is 15.1 Å². The van der Waals surface area contributed by atoms with Crippen molar-refractivity contribution < 1.29 is 4.52 Å². The quantitative estimate of drug-likeness (QED) is 0.758. The predicted octanol–water partition coefficient (Wildman–Crippen LogP) is 2.19. The third kappa shape index (κ3) is 3.63. The van der Waals surface area contributed by atoms with Gasteiger partial charge < -0.3 is 10.3 Å². The van der Waals surface area contributed by atoms with Crippen molar-refractivity contribution in [1.29, 1.82) is 0 Å². The molecule has 0 fully saturated rings. The summed E-state index contributed by atoms with van der Waals surface area (Å²) in [7, 11) is 0. The van der Waals surface area contributed by atoms with E-state index >= 15 is 0 Å². The van der Waals surface area contributed by atoms with Crippen LogP contribution in [0.3, 0.4) is 0 Å². The number of aryl methyl sites for hydroxylation is 1. The number of nitrogens with zero attached hydrogens (tertiary/aromatic N) is 3. The molecule has 2 aromatic rings. The van der Waals surface area contributed by atoms with Gasteiger partial charge in [0.15, 0.2) is 0 Å². The van der Waals surface area contributed by atoms with E-state index in [2.05, 4.69) is 15.1 Å². The normalized spacial score (nSPS) is 10.7. The fourth-order valence-corrected chi connectivity index (χ4v) is 1.73. The Morgan fingerprint density at radius 2 is 2.00 bits per heavy atom. The summed E-state index contributed by atoms with van der Waals surface area (Å²) in [6.07, 6.45) is 7.01. The maximum absolute atomic E-state index is 5.44. The number of nitrogens with two attached hydrogens (primary N) is 1. The second-order valence-electron chi connectivity index (χ2n) is 4.18. The first-order chi connectivity index (χ1) is 8.90. The van der Waals surface area contributed by atoms with Crippen molar-refractivity contribution in [2.45, 2.75) is 32.1 Å². The molecule has 0 saturated carbocycles. The van der Waals surface area contributed by atoms with Gasteiger partial charge in [-0.25, -0.2) is 0 Å². The molecular formula is C13H18N4O. The van der Waals surface area contributed by atoms with E-state index in [0.29, 0.717) is 11.7 Å². The largest absolute Gasteiger partial charge is 0.339 e. The van der Waals surface area contributed by atoms with E-state index in [1.54, 1.807) is 6.20 Å². The molecule has 2 heterocycles. The van der Waals surface area contributed by atoms with Gasteiger partial charge in [0.25, 0.3) is 0 Å². The van der Waals surface area contributed by atoms with E-state index in [1.165, 1.54) is 0 Å². The lowest BCUT2D eigenvalue weighted by molar-refractivity contribution is 0.374. The molecule has 0 aliphatic rings. The molecule has 0 saturated heterocycles. The molecule has 0 atom stereocenters. The number of unbranched alkanes of at least 4 members (excludes halogenated alkanes) is 3. The highest BCUT2D eigenvalue weighted by atomic mass is 16.5. The average Bonchev–Trinajstić information content (AvgIpc) is 2.88. The minimum Gasteiger partial charge on any atom is -0.339 e. The highest BCUT2D eigenvalue weighted by molar-refractivity contribution is 5.46. The first-order valence-electron chi connectivity index (χ1n) is 6.34. The highest BCUT2D eigenvalue weighted by Crippen LogP contribution is 2.13. The van der Waals surface area contributed by atoms with Crippen LogP contribution in [0.2, 0.25) is 0 Å². The zero-order valence-corrected chi connectivity index (χ0v) is 10.4. The summed E-state index contributed by atoms with van der Waals surface area (Å²) in [6, 6.07) is 5.64. The van der Waals surface area contributed by atoms with E-state index in [1.807, 2.05) is 18.2 Å². The van der Waals surface area contributed by atoms with Gasteiger partial charge in [-0.05, 0) is 31.5 Å². The van der Waals surface area contributed by atoms with E-state index < -0.39 is 0 Å². The van der Waals surface area contributed by atoms with Gasteiger partial charge in [-0.1, -0.05) is 24.1 Å². The predicted molar refractivity (Wildman–Crippen MR) is 68.8 cm³/mol. The smallest absolute Gasteiger partial charge is 0.227 e. The van der Waals surface area contributed by atoms with Gasteiger partial charge in [0, 0.05) is 12.6 Å². The SMILES string of the molecule is NCCCCCCc1nc(-c2ccccn2)no1. The first-order valence-corrected chi connectivity index (χ1v) is 6.34. The summed E-state index contributed by atoms with van der Waals surface area (Å²) in [6.45, 7) is 0.768. The van der Waals surface area contributed by atoms with Crippen LogP contribution in [0.15, 0.2) is 28.9 Å². The van der Waals surface area contributed by atoms with E-state index in [0.717, 1.165) is 44.3 Å². The molecule has 2 rings (SSSR count). The fraction of sp³-hybridized carbons (Fsp3) is 0.462. The van der Waals surface area contributed by atoms with E-state index in [4.69, 9.17) is 10.3 Å². The molecule has 0 radical (unpaired) electrons. The number of hydrogen-bond acceptors (Lipinski definition) is 5. The first kappa shape index (κ1) is 12.7. The summed E-state index contributed by atoms with van der Waals surface area (Å²) in [5.74, 6) is 1.25. The number of rotatable bonds is 7. The monoisotopic (exact) mass is 246 g/mol.